The molecule has 0 bridgehead atoms. The zero-order valence-corrected chi connectivity index (χ0v) is 13.4. The van der Waals surface area contributed by atoms with Gasteiger partial charge in [0.25, 0.3) is 0 Å². The second-order valence-corrected chi connectivity index (χ2v) is 6.49. The van der Waals surface area contributed by atoms with Gasteiger partial charge in [0.2, 0.25) is 5.91 Å². The molecule has 1 aliphatic carbocycles. The van der Waals surface area contributed by atoms with E-state index in [0.29, 0.717) is 31.8 Å². The van der Waals surface area contributed by atoms with Crippen molar-refractivity contribution in [1.82, 2.24) is 14.5 Å². The van der Waals surface area contributed by atoms with Crippen LogP contribution in [0.25, 0.3) is 0 Å². The molecule has 2 heterocycles. The number of imidazole rings is 1. The Morgan fingerprint density at radius 2 is 2.04 bits per heavy atom. The van der Waals surface area contributed by atoms with E-state index in [4.69, 9.17) is 0 Å². The van der Waals surface area contributed by atoms with Crippen molar-refractivity contribution >= 4 is 11.9 Å². The Kier molecular flexibility index (Phi) is 4.24. The fourth-order valence-corrected chi connectivity index (χ4v) is 3.76. The summed E-state index contributed by atoms with van der Waals surface area (Å²) in [4.78, 5) is 30.6. The largest absolute Gasteiger partial charge is 0.479 e. The van der Waals surface area contributed by atoms with Crippen molar-refractivity contribution in [3.05, 3.63) is 30.4 Å². The number of amides is 1. The van der Waals surface area contributed by atoms with Crippen LogP contribution in [0.4, 0.5) is 0 Å². The van der Waals surface area contributed by atoms with Crippen LogP contribution in [0.1, 0.15) is 37.9 Å². The van der Waals surface area contributed by atoms with Crippen molar-refractivity contribution in [2.45, 2.75) is 44.6 Å². The number of carbonyl (C=O) groups is 2. The first-order chi connectivity index (χ1) is 11.0. The topological polar surface area (TPSA) is 75.4 Å². The highest BCUT2D eigenvalue weighted by atomic mass is 16.4. The van der Waals surface area contributed by atoms with Gasteiger partial charge in [0, 0.05) is 31.4 Å². The van der Waals surface area contributed by atoms with Gasteiger partial charge in [-0.1, -0.05) is 12.2 Å². The molecule has 1 fully saturated rings. The van der Waals surface area contributed by atoms with Crippen molar-refractivity contribution in [3.63, 3.8) is 0 Å². The molecule has 1 aromatic rings. The lowest BCUT2D eigenvalue weighted by Crippen LogP contribution is -2.53. The van der Waals surface area contributed by atoms with Gasteiger partial charge in [-0.25, -0.2) is 9.78 Å². The first kappa shape index (κ1) is 15.8. The highest BCUT2D eigenvalue weighted by molar-refractivity contribution is 5.81. The van der Waals surface area contributed by atoms with E-state index in [0.717, 1.165) is 19.3 Å². The van der Waals surface area contributed by atoms with E-state index in [9.17, 15) is 14.7 Å². The highest BCUT2D eigenvalue weighted by Gasteiger charge is 2.45. The van der Waals surface area contributed by atoms with Crippen molar-refractivity contribution in [1.29, 1.82) is 0 Å². The average molecular weight is 317 g/mol. The van der Waals surface area contributed by atoms with Gasteiger partial charge in [0.05, 0.1) is 0 Å². The number of aromatic nitrogens is 2. The van der Waals surface area contributed by atoms with Crippen molar-refractivity contribution in [3.8, 4) is 0 Å². The minimum Gasteiger partial charge on any atom is -0.479 e. The predicted octanol–water partition coefficient (Wildman–Crippen LogP) is 1.95. The molecule has 6 heteroatoms. The summed E-state index contributed by atoms with van der Waals surface area (Å²) in [5.41, 5.74) is -0.982. The maximum Gasteiger partial charge on any atom is 0.330 e. The number of hydrogen-bond acceptors (Lipinski definition) is 3. The molecule has 0 aromatic carbocycles. The summed E-state index contributed by atoms with van der Waals surface area (Å²) in [5, 5.41) is 9.80. The van der Waals surface area contributed by atoms with E-state index in [1.54, 1.807) is 17.0 Å². The van der Waals surface area contributed by atoms with Gasteiger partial charge in [-0.3, -0.25) is 4.79 Å². The lowest BCUT2D eigenvalue weighted by atomic mass is 9.85. The summed E-state index contributed by atoms with van der Waals surface area (Å²) in [7, 11) is 0. The monoisotopic (exact) mass is 317 g/mol. The molecule has 0 spiro atoms. The van der Waals surface area contributed by atoms with Gasteiger partial charge in [-0.05, 0) is 39.0 Å². The van der Waals surface area contributed by atoms with Crippen LogP contribution < -0.4 is 0 Å². The number of piperidine rings is 1. The standard InChI is InChI=1S/C17H23N3O3/c1-13-18-9-12-20(13)17(16(22)23)7-10-19(11-8-17)15(21)14-5-3-2-4-6-14/h2-3,9,12,14H,4-8,10-11H2,1H3,(H,22,23)/t14-/m0/s1. The fourth-order valence-electron chi connectivity index (χ4n) is 3.76. The van der Waals surface area contributed by atoms with Crippen molar-refractivity contribution in [2.75, 3.05) is 13.1 Å². The van der Waals surface area contributed by atoms with Crippen LogP contribution in [0, 0.1) is 12.8 Å². The highest BCUT2D eigenvalue weighted by Crippen LogP contribution is 2.33. The van der Waals surface area contributed by atoms with Crippen LogP contribution in [0.3, 0.4) is 0 Å². The number of aliphatic carboxylic acids is 1. The molecule has 0 radical (unpaired) electrons. The van der Waals surface area contributed by atoms with Gasteiger partial charge in [0.15, 0.2) is 0 Å². The van der Waals surface area contributed by atoms with Crippen molar-refractivity contribution < 1.29 is 14.7 Å². The second-order valence-electron chi connectivity index (χ2n) is 6.49. The van der Waals surface area contributed by atoms with E-state index in [1.807, 2.05) is 11.8 Å². The molecule has 1 amide bonds. The summed E-state index contributed by atoms with van der Waals surface area (Å²) >= 11 is 0. The Labute approximate surface area is 135 Å². The van der Waals surface area contributed by atoms with Crippen LogP contribution in [0.2, 0.25) is 0 Å². The number of aryl methyl sites for hydroxylation is 1. The van der Waals surface area contributed by atoms with Gasteiger partial charge in [-0.2, -0.15) is 0 Å². The molecule has 23 heavy (non-hydrogen) atoms. The molecule has 6 nitrogen and oxygen atoms in total. The normalized spacial score (nSPS) is 23.7. The molecular formula is C17H23N3O3. The van der Waals surface area contributed by atoms with Crippen LogP contribution in [-0.2, 0) is 15.1 Å². The molecule has 0 saturated carbocycles. The smallest absolute Gasteiger partial charge is 0.330 e. The Morgan fingerprint density at radius 1 is 1.30 bits per heavy atom. The average Bonchev–Trinajstić information content (AvgIpc) is 3.01. The Bertz CT molecular complexity index is 627. The van der Waals surface area contributed by atoms with Crippen LogP contribution in [-0.4, -0.2) is 44.5 Å². The summed E-state index contributed by atoms with van der Waals surface area (Å²) in [6.45, 7) is 2.79. The van der Waals surface area contributed by atoms with Crippen LogP contribution in [0.15, 0.2) is 24.5 Å². The van der Waals surface area contributed by atoms with E-state index in [-0.39, 0.29) is 11.8 Å². The third-order valence-corrected chi connectivity index (χ3v) is 5.21. The molecule has 3 rings (SSSR count). The number of carboxylic acid groups (broad SMARTS) is 1. The Balaban J connectivity index is 1.73. The van der Waals surface area contributed by atoms with Gasteiger partial charge < -0.3 is 14.6 Å². The second kappa shape index (κ2) is 6.18. The minimum absolute atomic E-state index is 0.0623. The molecule has 1 aromatic heterocycles. The molecule has 1 saturated heterocycles. The lowest BCUT2D eigenvalue weighted by molar-refractivity contribution is -0.153. The van der Waals surface area contributed by atoms with Gasteiger partial charge in [-0.15, -0.1) is 0 Å². The number of carbonyl (C=O) groups excluding carboxylic acids is 1. The summed E-state index contributed by atoms with van der Waals surface area (Å²) in [6, 6.07) is 0. The van der Waals surface area contributed by atoms with Crippen LogP contribution >= 0.6 is 0 Å². The van der Waals surface area contributed by atoms with Gasteiger partial charge in [0.1, 0.15) is 11.4 Å². The number of likely N-dealkylation sites (tertiary alicyclic amines) is 1. The predicted molar refractivity (Wildman–Crippen MR) is 84.9 cm³/mol. The first-order valence-electron chi connectivity index (χ1n) is 8.22. The zero-order valence-electron chi connectivity index (χ0n) is 13.4. The number of carboxylic acids is 1. The fraction of sp³-hybridized carbons (Fsp3) is 0.588. The molecule has 1 aliphatic heterocycles. The molecule has 0 unspecified atom stereocenters. The van der Waals surface area contributed by atoms with Crippen LogP contribution in [0.5, 0.6) is 0 Å². The number of hydrogen-bond donors (Lipinski definition) is 1. The summed E-state index contributed by atoms with van der Waals surface area (Å²) in [6.07, 6.45) is 11.1. The maximum absolute atomic E-state index is 12.6. The van der Waals surface area contributed by atoms with E-state index in [2.05, 4.69) is 17.1 Å². The lowest BCUT2D eigenvalue weighted by Gasteiger charge is -2.41. The number of rotatable bonds is 3. The summed E-state index contributed by atoms with van der Waals surface area (Å²) < 4.78 is 1.75. The Hall–Kier alpha value is -2.11. The number of allylic oxidation sites excluding steroid dienone is 2. The quantitative estimate of drug-likeness (QED) is 0.865. The molecule has 124 valence electrons. The summed E-state index contributed by atoms with van der Waals surface area (Å²) in [5.74, 6) is 0.0962. The first-order valence-corrected chi connectivity index (χ1v) is 8.22. The third kappa shape index (κ3) is 2.78. The van der Waals surface area contributed by atoms with E-state index >= 15 is 0 Å². The number of nitrogens with zero attached hydrogens (tertiary/aromatic N) is 3. The van der Waals surface area contributed by atoms with E-state index in [1.165, 1.54) is 0 Å². The van der Waals surface area contributed by atoms with E-state index < -0.39 is 11.5 Å². The maximum atomic E-state index is 12.6. The molecule has 1 atom stereocenters. The Morgan fingerprint density at radius 3 is 2.57 bits per heavy atom. The molecule has 1 N–H and O–H groups in total. The SMILES string of the molecule is Cc1nccn1C1(C(=O)O)CCN(C(=O)[C@H]2CC=CCC2)CC1. The van der Waals surface area contributed by atoms with Crippen molar-refractivity contribution in [2.24, 2.45) is 5.92 Å². The third-order valence-electron chi connectivity index (χ3n) is 5.21. The molecule has 2 aliphatic rings. The van der Waals surface area contributed by atoms with Gasteiger partial charge >= 0.3 is 5.97 Å². The minimum atomic E-state index is -0.982. The zero-order chi connectivity index (χ0) is 16.4. The molecular weight excluding hydrogens is 294 g/mol.